The van der Waals surface area contributed by atoms with Crippen molar-refractivity contribution in [3.63, 3.8) is 0 Å². The van der Waals surface area contributed by atoms with Gasteiger partial charge in [-0.15, -0.1) is 0 Å². The van der Waals surface area contributed by atoms with Gasteiger partial charge in [-0.05, 0) is 25.1 Å². The Labute approximate surface area is 112 Å². The Morgan fingerprint density at radius 2 is 2.11 bits per heavy atom. The van der Waals surface area contributed by atoms with Crippen molar-refractivity contribution >= 4 is 0 Å². The van der Waals surface area contributed by atoms with Crippen LogP contribution in [0.2, 0.25) is 0 Å². The number of ether oxygens (including phenoxy) is 3. The van der Waals surface area contributed by atoms with Gasteiger partial charge in [-0.2, -0.15) is 0 Å². The quantitative estimate of drug-likeness (QED) is 0.846. The largest absolute Gasteiger partial charge is 0.494 e. The molecule has 3 rings (SSSR count). The highest BCUT2D eigenvalue weighted by Gasteiger charge is 2.19. The van der Waals surface area contributed by atoms with Crippen molar-refractivity contribution in [2.24, 2.45) is 0 Å². The molecule has 1 aromatic heterocycles. The molecule has 1 aromatic carbocycles. The van der Waals surface area contributed by atoms with Crippen LogP contribution in [0, 0.1) is 0 Å². The average Bonchev–Trinajstić information content (AvgIpc) is 3.11. The predicted molar refractivity (Wildman–Crippen MR) is 71.6 cm³/mol. The van der Waals surface area contributed by atoms with Crippen LogP contribution in [0.5, 0.6) is 5.75 Å². The average molecular weight is 259 g/mol. The maximum Gasteiger partial charge on any atom is 0.185 e. The molecule has 0 bridgehead atoms. The highest BCUT2D eigenvalue weighted by atomic mass is 16.7. The third-order valence-corrected chi connectivity index (χ3v) is 3.04. The van der Waals surface area contributed by atoms with Crippen molar-refractivity contribution in [3.05, 3.63) is 48.3 Å². The van der Waals surface area contributed by atoms with Gasteiger partial charge in [0.25, 0.3) is 0 Å². The monoisotopic (exact) mass is 259 g/mol. The van der Waals surface area contributed by atoms with Gasteiger partial charge in [0.1, 0.15) is 5.75 Å². The first-order chi connectivity index (χ1) is 9.36. The molecule has 19 heavy (non-hydrogen) atoms. The molecule has 1 saturated heterocycles. The van der Waals surface area contributed by atoms with E-state index in [2.05, 4.69) is 0 Å². The van der Waals surface area contributed by atoms with Crippen molar-refractivity contribution in [1.82, 2.24) is 4.57 Å². The maximum atomic E-state index is 5.51. The summed E-state index contributed by atoms with van der Waals surface area (Å²) < 4.78 is 18.5. The molecule has 100 valence electrons. The summed E-state index contributed by atoms with van der Waals surface area (Å²) in [4.78, 5) is 0. The lowest BCUT2D eigenvalue weighted by molar-refractivity contribution is -0.0440. The number of nitrogens with zero attached hydrogens (tertiary/aromatic N) is 1. The summed E-state index contributed by atoms with van der Waals surface area (Å²) in [6.07, 6.45) is 3.81. The molecule has 1 aliphatic rings. The minimum absolute atomic E-state index is 0.226. The van der Waals surface area contributed by atoms with Gasteiger partial charge in [0.15, 0.2) is 6.29 Å². The fourth-order valence-corrected chi connectivity index (χ4v) is 2.16. The fraction of sp³-hybridized carbons (Fsp3) is 0.333. The second kappa shape index (κ2) is 5.47. The lowest BCUT2D eigenvalue weighted by Crippen LogP contribution is -1.97. The van der Waals surface area contributed by atoms with Crippen LogP contribution in [-0.4, -0.2) is 24.4 Å². The van der Waals surface area contributed by atoms with Crippen molar-refractivity contribution in [2.75, 3.05) is 19.8 Å². The highest BCUT2D eigenvalue weighted by Crippen LogP contribution is 2.25. The highest BCUT2D eigenvalue weighted by molar-refractivity contribution is 5.40. The minimum Gasteiger partial charge on any atom is -0.494 e. The lowest BCUT2D eigenvalue weighted by Gasteiger charge is -2.08. The van der Waals surface area contributed by atoms with Gasteiger partial charge in [0.2, 0.25) is 0 Å². The Hall–Kier alpha value is -1.78. The zero-order valence-electron chi connectivity index (χ0n) is 10.9. The molecular weight excluding hydrogens is 242 g/mol. The van der Waals surface area contributed by atoms with Gasteiger partial charge in [0.05, 0.1) is 19.8 Å². The van der Waals surface area contributed by atoms with Gasteiger partial charge in [-0.1, -0.05) is 6.07 Å². The molecule has 0 radical (unpaired) electrons. The van der Waals surface area contributed by atoms with Crippen LogP contribution in [0.15, 0.2) is 42.7 Å². The van der Waals surface area contributed by atoms with E-state index in [9.17, 15) is 0 Å². The van der Waals surface area contributed by atoms with Crippen molar-refractivity contribution < 1.29 is 14.2 Å². The van der Waals surface area contributed by atoms with E-state index in [4.69, 9.17) is 14.2 Å². The molecular formula is C15H17NO3. The zero-order chi connectivity index (χ0) is 13.1. The van der Waals surface area contributed by atoms with Gasteiger partial charge in [-0.25, -0.2) is 0 Å². The normalized spacial score (nSPS) is 15.8. The van der Waals surface area contributed by atoms with Crippen LogP contribution in [0.4, 0.5) is 0 Å². The topological polar surface area (TPSA) is 32.6 Å². The zero-order valence-corrected chi connectivity index (χ0v) is 10.9. The SMILES string of the molecule is CCOc1cccc(-n2ccc(C3OCCO3)c2)c1. The molecule has 4 heteroatoms. The Morgan fingerprint density at radius 1 is 1.26 bits per heavy atom. The summed E-state index contributed by atoms with van der Waals surface area (Å²) >= 11 is 0. The fourth-order valence-electron chi connectivity index (χ4n) is 2.16. The van der Waals surface area contributed by atoms with Crippen molar-refractivity contribution in [3.8, 4) is 11.4 Å². The smallest absolute Gasteiger partial charge is 0.185 e. The number of hydrogen-bond acceptors (Lipinski definition) is 3. The molecule has 4 nitrogen and oxygen atoms in total. The van der Waals surface area contributed by atoms with E-state index in [0.29, 0.717) is 19.8 Å². The molecule has 0 spiro atoms. The molecule has 0 atom stereocenters. The summed E-state index contributed by atoms with van der Waals surface area (Å²) in [5.41, 5.74) is 2.11. The molecule has 0 saturated carbocycles. The van der Waals surface area contributed by atoms with E-state index >= 15 is 0 Å². The number of hydrogen-bond donors (Lipinski definition) is 0. The molecule has 0 amide bonds. The molecule has 0 N–H and O–H groups in total. The predicted octanol–water partition coefficient (Wildman–Crippen LogP) is 2.92. The summed E-state index contributed by atoms with van der Waals surface area (Å²) in [5, 5.41) is 0. The van der Waals surface area contributed by atoms with Crippen molar-refractivity contribution in [2.45, 2.75) is 13.2 Å². The Morgan fingerprint density at radius 3 is 2.89 bits per heavy atom. The van der Waals surface area contributed by atoms with E-state index in [1.54, 1.807) is 0 Å². The summed E-state index contributed by atoms with van der Waals surface area (Å²) in [6, 6.07) is 10.0. The molecule has 0 unspecified atom stereocenters. The van der Waals surface area contributed by atoms with E-state index in [1.807, 2.05) is 54.2 Å². The third-order valence-electron chi connectivity index (χ3n) is 3.04. The molecule has 2 aromatic rings. The van der Waals surface area contributed by atoms with Crippen LogP contribution in [0.25, 0.3) is 5.69 Å². The Bertz CT molecular complexity index is 544. The first kappa shape index (κ1) is 12.3. The number of rotatable bonds is 4. The van der Waals surface area contributed by atoms with E-state index in [1.165, 1.54) is 0 Å². The van der Waals surface area contributed by atoms with E-state index < -0.39 is 0 Å². The Balaban J connectivity index is 1.83. The summed E-state index contributed by atoms with van der Waals surface area (Å²) in [5.74, 6) is 0.878. The second-order valence-electron chi connectivity index (χ2n) is 4.36. The summed E-state index contributed by atoms with van der Waals surface area (Å²) in [7, 11) is 0. The lowest BCUT2D eigenvalue weighted by atomic mass is 10.3. The van der Waals surface area contributed by atoms with Crippen LogP contribution < -0.4 is 4.74 Å². The first-order valence-corrected chi connectivity index (χ1v) is 6.51. The molecule has 1 fully saturated rings. The standard InChI is InChI=1S/C15H17NO3/c1-2-17-14-5-3-4-13(10-14)16-7-6-12(11-16)15-18-8-9-19-15/h3-7,10-11,15H,2,8-9H2,1H3. The minimum atomic E-state index is -0.226. The number of aromatic nitrogens is 1. The first-order valence-electron chi connectivity index (χ1n) is 6.51. The van der Waals surface area contributed by atoms with Gasteiger partial charge < -0.3 is 18.8 Å². The molecule has 2 heterocycles. The van der Waals surface area contributed by atoms with Crippen LogP contribution in [0.3, 0.4) is 0 Å². The molecule has 0 aliphatic carbocycles. The third kappa shape index (κ3) is 2.64. The van der Waals surface area contributed by atoms with Crippen LogP contribution in [0.1, 0.15) is 18.8 Å². The van der Waals surface area contributed by atoms with Crippen molar-refractivity contribution in [1.29, 1.82) is 0 Å². The maximum absolute atomic E-state index is 5.51. The van der Waals surface area contributed by atoms with Gasteiger partial charge in [-0.3, -0.25) is 0 Å². The van der Waals surface area contributed by atoms with E-state index in [0.717, 1.165) is 17.0 Å². The van der Waals surface area contributed by atoms with Gasteiger partial charge in [0, 0.05) is 29.7 Å². The van der Waals surface area contributed by atoms with Crippen LogP contribution in [-0.2, 0) is 9.47 Å². The number of benzene rings is 1. The van der Waals surface area contributed by atoms with Crippen LogP contribution >= 0.6 is 0 Å². The van der Waals surface area contributed by atoms with Gasteiger partial charge >= 0.3 is 0 Å². The van der Waals surface area contributed by atoms with E-state index in [-0.39, 0.29) is 6.29 Å². The second-order valence-corrected chi connectivity index (χ2v) is 4.36. The molecule has 1 aliphatic heterocycles. The summed E-state index contributed by atoms with van der Waals surface area (Å²) in [6.45, 7) is 3.98. The Kier molecular flexibility index (Phi) is 3.53.